The van der Waals surface area contributed by atoms with E-state index in [2.05, 4.69) is 20.4 Å². The minimum absolute atomic E-state index is 0.102. The van der Waals surface area contributed by atoms with Gasteiger partial charge in [-0.05, 0) is 48.5 Å². The van der Waals surface area contributed by atoms with Gasteiger partial charge in [0.15, 0.2) is 0 Å². The first kappa shape index (κ1) is 19.4. The summed E-state index contributed by atoms with van der Waals surface area (Å²) < 4.78 is 10.6. The van der Waals surface area contributed by atoms with Gasteiger partial charge in [-0.25, -0.2) is 0 Å². The van der Waals surface area contributed by atoms with Gasteiger partial charge in [0.1, 0.15) is 0 Å². The molecule has 0 spiro atoms. The van der Waals surface area contributed by atoms with E-state index in [0.717, 1.165) is 43.2 Å². The maximum absolute atomic E-state index is 12.2. The molecule has 29 heavy (non-hydrogen) atoms. The van der Waals surface area contributed by atoms with Crippen LogP contribution in [0.25, 0.3) is 11.4 Å². The molecule has 0 atom stereocenters. The Bertz CT molecular complexity index is 951. The number of amides is 1. The van der Waals surface area contributed by atoms with Gasteiger partial charge >= 0.3 is 0 Å². The Labute approximate surface area is 173 Å². The molecule has 1 fully saturated rings. The average Bonchev–Trinajstić information content (AvgIpc) is 3.23. The normalized spacial score (nSPS) is 14.0. The van der Waals surface area contributed by atoms with Crippen LogP contribution < -0.4 is 10.2 Å². The lowest BCUT2D eigenvalue weighted by Crippen LogP contribution is -2.36. The number of hydrogen-bond acceptors (Lipinski definition) is 6. The van der Waals surface area contributed by atoms with Gasteiger partial charge in [0.25, 0.3) is 0 Å². The summed E-state index contributed by atoms with van der Waals surface area (Å²) >= 11 is 5.89. The minimum Gasteiger partial charge on any atom is -0.378 e. The number of carbonyl (C=O) groups excluding carboxylic acids is 1. The van der Waals surface area contributed by atoms with Crippen molar-refractivity contribution >= 4 is 28.9 Å². The third kappa shape index (κ3) is 5.13. The predicted molar refractivity (Wildman–Crippen MR) is 111 cm³/mol. The van der Waals surface area contributed by atoms with Crippen LogP contribution in [0.2, 0.25) is 5.02 Å². The predicted octanol–water partition coefficient (Wildman–Crippen LogP) is 3.80. The molecule has 0 saturated carbocycles. The van der Waals surface area contributed by atoms with Crippen LogP contribution in [0.3, 0.4) is 0 Å². The number of benzene rings is 2. The van der Waals surface area contributed by atoms with Crippen LogP contribution in [-0.2, 0) is 16.0 Å². The third-order valence-corrected chi connectivity index (χ3v) is 4.92. The lowest BCUT2D eigenvalue weighted by molar-refractivity contribution is -0.116. The largest absolute Gasteiger partial charge is 0.378 e. The van der Waals surface area contributed by atoms with Gasteiger partial charge in [0, 0.05) is 47.9 Å². The van der Waals surface area contributed by atoms with Crippen molar-refractivity contribution in [2.24, 2.45) is 0 Å². The molecule has 8 heteroatoms. The van der Waals surface area contributed by atoms with Crippen LogP contribution in [-0.4, -0.2) is 42.4 Å². The molecule has 4 rings (SSSR count). The lowest BCUT2D eigenvalue weighted by atomic mass is 10.2. The zero-order chi connectivity index (χ0) is 20.1. The number of morpholine rings is 1. The van der Waals surface area contributed by atoms with E-state index >= 15 is 0 Å². The molecule has 1 aromatic heterocycles. The zero-order valence-electron chi connectivity index (χ0n) is 15.8. The average molecular weight is 413 g/mol. The van der Waals surface area contributed by atoms with E-state index in [1.807, 2.05) is 36.4 Å². The summed E-state index contributed by atoms with van der Waals surface area (Å²) in [6.07, 6.45) is 0.631. The number of anilines is 2. The van der Waals surface area contributed by atoms with E-state index in [0.29, 0.717) is 23.2 Å². The van der Waals surface area contributed by atoms with Crippen molar-refractivity contribution in [3.8, 4) is 11.4 Å². The van der Waals surface area contributed by atoms with Crippen molar-refractivity contribution in [1.82, 2.24) is 10.1 Å². The molecule has 1 aliphatic heterocycles. The molecule has 1 amide bonds. The van der Waals surface area contributed by atoms with Crippen molar-refractivity contribution in [3.05, 3.63) is 59.4 Å². The summed E-state index contributed by atoms with van der Waals surface area (Å²) in [4.78, 5) is 18.8. The molecule has 0 aliphatic carbocycles. The van der Waals surface area contributed by atoms with Gasteiger partial charge in [0.05, 0.1) is 13.2 Å². The van der Waals surface area contributed by atoms with E-state index in [1.54, 1.807) is 12.1 Å². The molecule has 3 aromatic rings. The highest BCUT2D eigenvalue weighted by Gasteiger charge is 2.13. The summed E-state index contributed by atoms with van der Waals surface area (Å²) in [6.45, 7) is 3.25. The first-order valence-electron chi connectivity index (χ1n) is 9.48. The van der Waals surface area contributed by atoms with Crippen LogP contribution in [0.5, 0.6) is 0 Å². The van der Waals surface area contributed by atoms with Gasteiger partial charge in [-0.2, -0.15) is 4.98 Å². The highest BCUT2D eigenvalue weighted by molar-refractivity contribution is 6.30. The third-order valence-electron chi connectivity index (χ3n) is 4.66. The molecule has 0 radical (unpaired) electrons. The Morgan fingerprint density at radius 3 is 2.52 bits per heavy atom. The van der Waals surface area contributed by atoms with Crippen molar-refractivity contribution in [2.45, 2.75) is 12.8 Å². The quantitative estimate of drug-likeness (QED) is 0.663. The van der Waals surface area contributed by atoms with Crippen molar-refractivity contribution < 1.29 is 14.1 Å². The second-order valence-electron chi connectivity index (χ2n) is 6.71. The topological polar surface area (TPSA) is 80.5 Å². The fourth-order valence-corrected chi connectivity index (χ4v) is 3.22. The van der Waals surface area contributed by atoms with Crippen LogP contribution in [0.1, 0.15) is 12.3 Å². The lowest BCUT2D eigenvalue weighted by Gasteiger charge is -2.28. The fourth-order valence-electron chi connectivity index (χ4n) is 3.09. The number of halogens is 1. The molecule has 1 aliphatic rings. The van der Waals surface area contributed by atoms with Gasteiger partial charge < -0.3 is 19.5 Å². The molecule has 0 bridgehead atoms. The Morgan fingerprint density at radius 2 is 1.79 bits per heavy atom. The standard InChI is InChI=1S/C21H21ClN4O3/c22-16-3-1-15(2-4-16)21-24-20(29-25-21)10-9-19(27)23-17-5-7-18(8-6-17)26-11-13-28-14-12-26/h1-8H,9-14H2,(H,23,27). The molecule has 2 aromatic carbocycles. The van der Waals surface area contributed by atoms with Crippen molar-refractivity contribution in [3.63, 3.8) is 0 Å². The molecule has 150 valence electrons. The van der Waals surface area contributed by atoms with Gasteiger partial charge in [-0.3, -0.25) is 4.79 Å². The minimum atomic E-state index is -0.102. The molecule has 1 N–H and O–H groups in total. The van der Waals surface area contributed by atoms with E-state index in [9.17, 15) is 4.79 Å². The highest BCUT2D eigenvalue weighted by Crippen LogP contribution is 2.20. The molecular weight excluding hydrogens is 392 g/mol. The smallest absolute Gasteiger partial charge is 0.227 e. The van der Waals surface area contributed by atoms with Crippen molar-refractivity contribution in [1.29, 1.82) is 0 Å². The number of hydrogen-bond donors (Lipinski definition) is 1. The van der Waals surface area contributed by atoms with Crippen molar-refractivity contribution in [2.75, 3.05) is 36.5 Å². The Morgan fingerprint density at radius 1 is 1.07 bits per heavy atom. The Kier molecular flexibility index (Phi) is 6.07. The number of nitrogens with one attached hydrogen (secondary N) is 1. The Balaban J connectivity index is 1.28. The number of aromatic nitrogens is 2. The number of rotatable bonds is 6. The van der Waals surface area contributed by atoms with E-state index in [4.69, 9.17) is 20.9 Å². The summed E-state index contributed by atoms with van der Waals surface area (Å²) in [7, 11) is 0. The second-order valence-corrected chi connectivity index (χ2v) is 7.15. The number of nitrogens with zero attached hydrogens (tertiary/aromatic N) is 3. The first-order valence-corrected chi connectivity index (χ1v) is 9.86. The van der Waals surface area contributed by atoms with Crippen LogP contribution in [0, 0.1) is 0 Å². The number of aryl methyl sites for hydroxylation is 1. The van der Waals surface area contributed by atoms with E-state index in [-0.39, 0.29) is 12.3 Å². The fraction of sp³-hybridized carbons (Fsp3) is 0.286. The van der Waals surface area contributed by atoms with Gasteiger partial charge in [0.2, 0.25) is 17.6 Å². The summed E-state index contributed by atoms with van der Waals surface area (Å²) in [6, 6.07) is 15.0. The van der Waals surface area contributed by atoms with E-state index in [1.165, 1.54) is 0 Å². The maximum atomic E-state index is 12.2. The second kappa shape index (κ2) is 9.07. The Hall–Kier alpha value is -2.90. The zero-order valence-corrected chi connectivity index (χ0v) is 16.6. The molecule has 1 saturated heterocycles. The van der Waals surface area contributed by atoms with Crippen LogP contribution in [0.4, 0.5) is 11.4 Å². The van der Waals surface area contributed by atoms with Crippen LogP contribution >= 0.6 is 11.6 Å². The molecule has 0 unspecified atom stereocenters. The van der Waals surface area contributed by atoms with Crippen LogP contribution in [0.15, 0.2) is 53.1 Å². The highest BCUT2D eigenvalue weighted by atomic mass is 35.5. The number of ether oxygens (including phenoxy) is 1. The van der Waals surface area contributed by atoms with Gasteiger partial charge in [-0.1, -0.05) is 16.8 Å². The summed E-state index contributed by atoms with van der Waals surface area (Å²) in [5, 5.41) is 7.50. The first-order chi connectivity index (χ1) is 14.2. The molecular formula is C21H21ClN4O3. The monoisotopic (exact) mass is 412 g/mol. The SMILES string of the molecule is O=C(CCc1nc(-c2ccc(Cl)cc2)no1)Nc1ccc(N2CCOCC2)cc1. The van der Waals surface area contributed by atoms with E-state index < -0.39 is 0 Å². The molecule has 7 nitrogen and oxygen atoms in total. The molecule has 2 heterocycles. The maximum Gasteiger partial charge on any atom is 0.227 e. The van der Waals surface area contributed by atoms with Gasteiger partial charge in [-0.15, -0.1) is 0 Å². The number of carbonyl (C=O) groups is 1. The summed E-state index contributed by atoms with van der Waals surface area (Å²) in [5.74, 6) is 0.805. The summed E-state index contributed by atoms with van der Waals surface area (Å²) in [5.41, 5.74) is 2.71.